The van der Waals surface area contributed by atoms with Gasteiger partial charge in [-0.1, -0.05) is 20.3 Å². The molecule has 3 atom stereocenters. The number of hydrogen-bond acceptors (Lipinski definition) is 6. The summed E-state index contributed by atoms with van der Waals surface area (Å²) >= 11 is 0. The predicted octanol–water partition coefficient (Wildman–Crippen LogP) is 1.67. The normalized spacial score (nSPS) is 14.5. The van der Waals surface area contributed by atoms with E-state index < -0.39 is 0 Å². The highest BCUT2D eigenvalue weighted by atomic mass is 16.5. The molecule has 0 aliphatic carbocycles. The van der Waals surface area contributed by atoms with Gasteiger partial charge in [0.2, 0.25) is 11.9 Å². The highest BCUT2D eigenvalue weighted by molar-refractivity contribution is 5.80. The molecular formula is C17H28N4O3. The van der Waals surface area contributed by atoms with Crippen molar-refractivity contribution in [1.82, 2.24) is 14.9 Å². The quantitative estimate of drug-likeness (QED) is 0.654. The molecule has 0 fully saturated rings. The molecule has 24 heavy (non-hydrogen) atoms. The third-order valence-corrected chi connectivity index (χ3v) is 4.27. The molecule has 1 heterocycles. The van der Waals surface area contributed by atoms with Gasteiger partial charge in [-0.25, -0.2) is 9.97 Å². The van der Waals surface area contributed by atoms with E-state index >= 15 is 0 Å². The second-order valence-electron chi connectivity index (χ2n) is 5.93. The average molecular weight is 336 g/mol. The van der Waals surface area contributed by atoms with E-state index in [9.17, 15) is 9.59 Å². The predicted molar refractivity (Wildman–Crippen MR) is 92.7 cm³/mol. The summed E-state index contributed by atoms with van der Waals surface area (Å²) in [6.45, 7) is 6.07. The Kier molecular flexibility index (Phi) is 8.32. The van der Waals surface area contributed by atoms with E-state index in [2.05, 4.69) is 29.1 Å². The Morgan fingerprint density at radius 1 is 1.50 bits per heavy atom. The monoisotopic (exact) mass is 336 g/mol. The van der Waals surface area contributed by atoms with E-state index in [4.69, 9.17) is 4.74 Å². The number of hydrogen-bond donors (Lipinski definition) is 1. The Labute approximate surface area is 143 Å². The first-order valence-corrected chi connectivity index (χ1v) is 8.20. The number of amides is 1. The zero-order valence-electron chi connectivity index (χ0n) is 15.2. The number of aldehydes is 1. The molecule has 0 saturated carbocycles. The Balaban J connectivity index is 2.78. The summed E-state index contributed by atoms with van der Waals surface area (Å²) in [4.78, 5) is 33.4. The number of aryl methyl sites for hydroxylation is 1. The number of carbonyl (C=O) groups excluding carboxylic acids is 2. The Morgan fingerprint density at radius 2 is 2.21 bits per heavy atom. The molecule has 3 unspecified atom stereocenters. The van der Waals surface area contributed by atoms with Crippen LogP contribution in [0.5, 0.6) is 0 Å². The maximum absolute atomic E-state index is 12.6. The van der Waals surface area contributed by atoms with Crippen LogP contribution in [0.2, 0.25) is 0 Å². The van der Waals surface area contributed by atoms with Gasteiger partial charge >= 0.3 is 0 Å². The van der Waals surface area contributed by atoms with Crippen molar-refractivity contribution in [2.24, 2.45) is 5.92 Å². The molecule has 1 amide bonds. The number of ether oxygens (including phenoxy) is 1. The minimum absolute atomic E-state index is 0.0877. The van der Waals surface area contributed by atoms with Crippen LogP contribution in [-0.2, 0) is 14.3 Å². The third-order valence-electron chi connectivity index (χ3n) is 4.27. The first-order valence-electron chi connectivity index (χ1n) is 8.20. The van der Waals surface area contributed by atoms with Crippen molar-refractivity contribution in [2.45, 2.75) is 45.8 Å². The molecule has 1 rings (SSSR count). The van der Waals surface area contributed by atoms with E-state index in [0.717, 1.165) is 18.4 Å². The second kappa shape index (κ2) is 9.97. The zero-order valence-corrected chi connectivity index (χ0v) is 15.2. The van der Waals surface area contributed by atoms with E-state index in [0.29, 0.717) is 5.95 Å². The highest BCUT2D eigenvalue weighted by Gasteiger charge is 2.32. The second-order valence-corrected chi connectivity index (χ2v) is 5.93. The van der Waals surface area contributed by atoms with Crippen molar-refractivity contribution in [2.75, 3.05) is 26.0 Å². The number of nitrogens with zero attached hydrogens (tertiary/aromatic N) is 3. The molecule has 0 saturated heterocycles. The summed E-state index contributed by atoms with van der Waals surface area (Å²) in [5.74, 6) is 0.533. The number of rotatable bonds is 10. The van der Waals surface area contributed by atoms with Crippen molar-refractivity contribution in [3.8, 4) is 0 Å². The SMILES string of the molecule is CCC(C)C(C(CC=O)OC)N(C)C(=O)CNc1nccc(C)n1. The number of aromatic nitrogens is 2. The lowest BCUT2D eigenvalue weighted by Crippen LogP contribution is -2.50. The average Bonchev–Trinajstić information content (AvgIpc) is 2.58. The van der Waals surface area contributed by atoms with Crippen LogP contribution in [0.3, 0.4) is 0 Å². The van der Waals surface area contributed by atoms with Gasteiger partial charge in [0.15, 0.2) is 0 Å². The van der Waals surface area contributed by atoms with Crippen LogP contribution in [0, 0.1) is 12.8 Å². The first kappa shape index (κ1) is 20.0. The van der Waals surface area contributed by atoms with Crippen molar-refractivity contribution in [3.63, 3.8) is 0 Å². The van der Waals surface area contributed by atoms with Crippen molar-refractivity contribution < 1.29 is 14.3 Å². The molecule has 0 bridgehead atoms. The molecule has 134 valence electrons. The molecular weight excluding hydrogens is 308 g/mol. The Morgan fingerprint density at radius 3 is 2.75 bits per heavy atom. The van der Waals surface area contributed by atoms with E-state index in [-0.39, 0.29) is 36.9 Å². The van der Waals surface area contributed by atoms with Gasteiger partial charge in [0, 0.05) is 32.5 Å². The van der Waals surface area contributed by atoms with Gasteiger partial charge in [0.05, 0.1) is 18.7 Å². The van der Waals surface area contributed by atoms with E-state index in [1.807, 2.05) is 6.92 Å². The minimum Gasteiger partial charge on any atom is -0.379 e. The molecule has 7 nitrogen and oxygen atoms in total. The lowest BCUT2D eigenvalue weighted by atomic mass is 9.91. The van der Waals surface area contributed by atoms with Gasteiger partial charge in [0.25, 0.3) is 0 Å². The van der Waals surface area contributed by atoms with Crippen LogP contribution in [-0.4, -0.2) is 59.9 Å². The maximum Gasteiger partial charge on any atom is 0.242 e. The molecule has 1 N–H and O–H groups in total. The fourth-order valence-electron chi connectivity index (χ4n) is 2.69. The lowest BCUT2D eigenvalue weighted by molar-refractivity contribution is -0.135. The van der Waals surface area contributed by atoms with Crippen LogP contribution in [0.1, 0.15) is 32.4 Å². The van der Waals surface area contributed by atoms with Crippen LogP contribution in [0.15, 0.2) is 12.3 Å². The molecule has 0 aliphatic heterocycles. The number of likely N-dealkylation sites (N-methyl/N-ethyl adjacent to an activating group) is 1. The van der Waals surface area contributed by atoms with Crippen molar-refractivity contribution in [1.29, 1.82) is 0 Å². The van der Waals surface area contributed by atoms with Crippen LogP contribution in [0.4, 0.5) is 5.95 Å². The molecule has 7 heteroatoms. The Hall–Kier alpha value is -2.02. The van der Waals surface area contributed by atoms with Gasteiger partial charge in [0.1, 0.15) is 6.29 Å². The zero-order chi connectivity index (χ0) is 18.1. The smallest absolute Gasteiger partial charge is 0.242 e. The van der Waals surface area contributed by atoms with Crippen LogP contribution < -0.4 is 5.32 Å². The number of nitrogens with one attached hydrogen (secondary N) is 1. The molecule has 0 radical (unpaired) electrons. The number of methoxy groups -OCH3 is 1. The van der Waals surface area contributed by atoms with Gasteiger partial charge in [-0.05, 0) is 18.9 Å². The van der Waals surface area contributed by atoms with Crippen LogP contribution >= 0.6 is 0 Å². The summed E-state index contributed by atoms with van der Waals surface area (Å²) in [6.07, 6.45) is 3.31. The van der Waals surface area contributed by atoms with Crippen molar-refractivity contribution in [3.05, 3.63) is 18.0 Å². The first-order chi connectivity index (χ1) is 11.4. The summed E-state index contributed by atoms with van der Waals surface area (Å²) in [5.41, 5.74) is 0.830. The van der Waals surface area contributed by atoms with E-state index in [1.54, 1.807) is 31.3 Å². The van der Waals surface area contributed by atoms with E-state index in [1.165, 1.54) is 0 Å². The highest BCUT2D eigenvalue weighted by Crippen LogP contribution is 2.21. The van der Waals surface area contributed by atoms with Crippen molar-refractivity contribution >= 4 is 18.1 Å². The van der Waals surface area contributed by atoms with Gasteiger partial charge < -0.3 is 19.7 Å². The summed E-state index contributed by atoms with van der Waals surface area (Å²) in [7, 11) is 3.31. The molecule has 0 aliphatic rings. The minimum atomic E-state index is -0.318. The molecule has 1 aromatic heterocycles. The fourth-order valence-corrected chi connectivity index (χ4v) is 2.69. The van der Waals surface area contributed by atoms with Gasteiger partial charge in [-0.3, -0.25) is 4.79 Å². The fraction of sp³-hybridized carbons (Fsp3) is 0.647. The maximum atomic E-state index is 12.6. The molecule has 0 aromatic carbocycles. The molecule has 0 spiro atoms. The standard InChI is InChI=1S/C17H28N4O3/c1-6-12(2)16(14(24-5)8-10-22)21(4)15(23)11-19-17-18-9-7-13(3)20-17/h7,9-10,12,14,16H,6,8,11H2,1-5H3,(H,18,19,20). The summed E-state index contributed by atoms with van der Waals surface area (Å²) in [6, 6.07) is 1.62. The topological polar surface area (TPSA) is 84.4 Å². The van der Waals surface area contributed by atoms with Gasteiger partial charge in [-0.15, -0.1) is 0 Å². The Bertz CT molecular complexity index is 538. The number of carbonyl (C=O) groups is 2. The number of anilines is 1. The third kappa shape index (κ3) is 5.56. The lowest BCUT2D eigenvalue weighted by Gasteiger charge is -2.37. The van der Waals surface area contributed by atoms with Gasteiger partial charge in [-0.2, -0.15) is 0 Å². The van der Waals surface area contributed by atoms with Crippen LogP contribution in [0.25, 0.3) is 0 Å². The summed E-state index contributed by atoms with van der Waals surface area (Å²) < 4.78 is 5.46. The summed E-state index contributed by atoms with van der Waals surface area (Å²) in [5, 5.41) is 2.94. The largest absolute Gasteiger partial charge is 0.379 e. The molecule has 1 aromatic rings.